The smallest absolute Gasteiger partial charge is 0.135 e. The minimum absolute atomic E-state index is 0.845. The van der Waals surface area contributed by atoms with Crippen LogP contribution in [0.25, 0.3) is 0 Å². The maximum Gasteiger partial charge on any atom is 0.135 e. The van der Waals surface area contributed by atoms with Crippen LogP contribution in [0.3, 0.4) is 0 Å². The second kappa shape index (κ2) is 7.31. The van der Waals surface area contributed by atoms with Crippen LogP contribution in [0.5, 0.6) is 0 Å². The highest BCUT2D eigenvalue weighted by molar-refractivity contribution is 5.62. The van der Waals surface area contributed by atoms with Crippen molar-refractivity contribution in [3.63, 3.8) is 0 Å². The molecule has 0 amide bonds. The summed E-state index contributed by atoms with van der Waals surface area (Å²) < 4.78 is 0. The molecule has 0 radical (unpaired) electrons. The van der Waals surface area contributed by atoms with Gasteiger partial charge < -0.3 is 15.1 Å². The number of rotatable bonds is 6. The Balaban J connectivity index is 1.70. The molecule has 0 saturated carbocycles. The summed E-state index contributed by atoms with van der Waals surface area (Å²) in [5, 5.41) is 3.37. The molecule has 1 N–H and O–H groups in total. The van der Waals surface area contributed by atoms with Crippen LogP contribution in [0, 0.1) is 0 Å². The molecule has 5 heteroatoms. The van der Waals surface area contributed by atoms with Crippen LogP contribution in [-0.4, -0.2) is 36.1 Å². The molecule has 1 aliphatic rings. The van der Waals surface area contributed by atoms with Crippen molar-refractivity contribution in [2.75, 3.05) is 41.3 Å². The second-order valence-corrected chi connectivity index (χ2v) is 5.80. The highest BCUT2D eigenvalue weighted by Gasteiger charge is 2.14. The summed E-state index contributed by atoms with van der Waals surface area (Å²) in [4.78, 5) is 13.4. The third-order valence-electron chi connectivity index (χ3n) is 4.35. The SMILES string of the molecule is CCN(CC)c1ccc(Nc2cc(N3CCCC3)ncn2)cc1. The Morgan fingerprint density at radius 3 is 2.39 bits per heavy atom. The molecule has 0 unspecified atom stereocenters. The Morgan fingerprint density at radius 2 is 1.74 bits per heavy atom. The fourth-order valence-corrected chi connectivity index (χ4v) is 3.03. The van der Waals surface area contributed by atoms with E-state index >= 15 is 0 Å². The van der Waals surface area contributed by atoms with Crippen LogP contribution < -0.4 is 15.1 Å². The fourth-order valence-electron chi connectivity index (χ4n) is 3.03. The summed E-state index contributed by atoms with van der Waals surface area (Å²) in [6, 6.07) is 10.5. The van der Waals surface area contributed by atoms with Crippen molar-refractivity contribution in [3.8, 4) is 0 Å². The monoisotopic (exact) mass is 311 g/mol. The van der Waals surface area contributed by atoms with Crippen molar-refractivity contribution in [2.24, 2.45) is 0 Å². The quantitative estimate of drug-likeness (QED) is 0.882. The van der Waals surface area contributed by atoms with Crippen LogP contribution in [0.15, 0.2) is 36.7 Å². The number of hydrogen-bond acceptors (Lipinski definition) is 5. The van der Waals surface area contributed by atoms with E-state index in [-0.39, 0.29) is 0 Å². The average molecular weight is 311 g/mol. The van der Waals surface area contributed by atoms with Crippen molar-refractivity contribution >= 4 is 23.0 Å². The van der Waals surface area contributed by atoms with Gasteiger partial charge in [-0.1, -0.05) is 0 Å². The molecule has 2 aromatic rings. The molecule has 1 saturated heterocycles. The molecule has 1 aromatic carbocycles. The van der Waals surface area contributed by atoms with Gasteiger partial charge in [0.1, 0.15) is 18.0 Å². The lowest BCUT2D eigenvalue weighted by Gasteiger charge is -2.21. The first-order valence-corrected chi connectivity index (χ1v) is 8.49. The van der Waals surface area contributed by atoms with Gasteiger partial charge in [0.15, 0.2) is 0 Å². The molecule has 1 aromatic heterocycles. The maximum atomic E-state index is 4.39. The molecular weight excluding hydrogens is 286 g/mol. The van der Waals surface area contributed by atoms with Crippen molar-refractivity contribution < 1.29 is 0 Å². The molecule has 0 aliphatic carbocycles. The molecule has 2 heterocycles. The van der Waals surface area contributed by atoms with Gasteiger partial charge in [-0.3, -0.25) is 0 Å². The zero-order valence-electron chi connectivity index (χ0n) is 14.0. The van der Waals surface area contributed by atoms with Crippen molar-refractivity contribution in [1.29, 1.82) is 0 Å². The molecule has 3 rings (SSSR count). The Labute approximate surface area is 138 Å². The molecule has 0 bridgehead atoms. The van der Waals surface area contributed by atoms with Gasteiger partial charge in [0.25, 0.3) is 0 Å². The van der Waals surface area contributed by atoms with E-state index in [2.05, 4.69) is 63.2 Å². The Hall–Kier alpha value is -2.30. The summed E-state index contributed by atoms with van der Waals surface area (Å²) in [6.07, 6.45) is 4.14. The predicted molar refractivity (Wildman–Crippen MR) is 96.8 cm³/mol. The van der Waals surface area contributed by atoms with Crippen molar-refractivity contribution in [2.45, 2.75) is 26.7 Å². The summed E-state index contributed by atoms with van der Waals surface area (Å²) in [5.74, 6) is 1.86. The van der Waals surface area contributed by atoms with Gasteiger partial charge in [0.05, 0.1) is 0 Å². The van der Waals surface area contributed by atoms with Crippen LogP contribution in [0.1, 0.15) is 26.7 Å². The number of hydrogen-bond donors (Lipinski definition) is 1. The van der Waals surface area contributed by atoms with Crippen LogP contribution >= 0.6 is 0 Å². The Bertz CT molecular complexity index is 616. The first-order chi connectivity index (χ1) is 11.3. The largest absolute Gasteiger partial charge is 0.372 e. The van der Waals surface area contributed by atoms with E-state index in [9.17, 15) is 0 Å². The van der Waals surface area contributed by atoms with Crippen molar-refractivity contribution in [1.82, 2.24) is 9.97 Å². The second-order valence-electron chi connectivity index (χ2n) is 5.80. The topological polar surface area (TPSA) is 44.3 Å². The normalized spacial score (nSPS) is 14.1. The number of aromatic nitrogens is 2. The van der Waals surface area contributed by atoms with Gasteiger partial charge >= 0.3 is 0 Å². The average Bonchev–Trinajstić information content (AvgIpc) is 3.12. The zero-order valence-corrected chi connectivity index (χ0v) is 14.0. The highest BCUT2D eigenvalue weighted by Crippen LogP contribution is 2.23. The van der Waals surface area contributed by atoms with E-state index in [0.29, 0.717) is 0 Å². The number of nitrogens with one attached hydrogen (secondary N) is 1. The van der Waals surface area contributed by atoms with Gasteiger partial charge in [-0.05, 0) is 51.0 Å². The summed E-state index contributed by atoms with van der Waals surface area (Å²) in [7, 11) is 0. The van der Waals surface area contributed by atoms with Gasteiger partial charge in [0.2, 0.25) is 0 Å². The molecule has 1 fully saturated rings. The van der Waals surface area contributed by atoms with Gasteiger partial charge in [-0.2, -0.15) is 0 Å². The van der Waals surface area contributed by atoms with E-state index < -0.39 is 0 Å². The third kappa shape index (κ3) is 3.73. The molecule has 5 nitrogen and oxygen atoms in total. The van der Waals surface area contributed by atoms with Gasteiger partial charge in [-0.15, -0.1) is 0 Å². The lowest BCUT2D eigenvalue weighted by atomic mass is 10.2. The molecule has 122 valence electrons. The fraction of sp³-hybridized carbons (Fsp3) is 0.444. The van der Waals surface area contributed by atoms with E-state index in [4.69, 9.17) is 0 Å². The summed E-state index contributed by atoms with van der Waals surface area (Å²) >= 11 is 0. The van der Waals surface area contributed by atoms with Gasteiger partial charge in [-0.25, -0.2) is 9.97 Å². The zero-order chi connectivity index (χ0) is 16.1. The van der Waals surface area contributed by atoms with Crippen LogP contribution in [0.2, 0.25) is 0 Å². The summed E-state index contributed by atoms with van der Waals surface area (Å²) in [6.45, 7) is 8.58. The summed E-state index contributed by atoms with van der Waals surface area (Å²) in [5.41, 5.74) is 2.30. The maximum absolute atomic E-state index is 4.39. The molecule has 0 spiro atoms. The van der Waals surface area contributed by atoms with Crippen LogP contribution in [0.4, 0.5) is 23.0 Å². The minimum Gasteiger partial charge on any atom is -0.372 e. The first-order valence-electron chi connectivity index (χ1n) is 8.49. The molecule has 1 aliphatic heterocycles. The molecule has 23 heavy (non-hydrogen) atoms. The number of anilines is 4. The number of benzene rings is 1. The molecular formula is C18H25N5. The Morgan fingerprint density at radius 1 is 1.04 bits per heavy atom. The standard InChI is InChI=1S/C18H25N5/c1-3-22(4-2)16-9-7-15(8-10-16)21-17-13-18(20-14-19-17)23-11-5-6-12-23/h7-10,13-14H,3-6,11-12H2,1-2H3,(H,19,20,21). The first kappa shape index (κ1) is 15.6. The van der Waals surface area contributed by atoms with E-state index in [1.807, 2.05) is 6.07 Å². The van der Waals surface area contributed by atoms with Gasteiger partial charge in [0, 0.05) is 43.6 Å². The van der Waals surface area contributed by atoms with Crippen molar-refractivity contribution in [3.05, 3.63) is 36.7 Å². The van der Waals surface area contributed by atoms with E-state index in [1.54, 1.807) is 6.33 Å². The predicted octanol–water partition coefficient (Wildman–Crippen LogP) is 3.67. The number of nitrogens with zero attached hydrogens (tertiary/aromatic N) is 4. The van der Waals surface area contributed by atoms with Crippen LogP contribution in [-0.2, 0) is 0 Å². The lowest BCUT2D eigenvalue weighted by Crippen LogP contribution is -2.21. The molecule has 0 atom stereocenters. The Kier molecular flexibility index (Phi) is 4.95. The van der Waals surface area contributed by atoms with E-state index in [0.717, 1.165) is 43.5 Å². The highest BCUT2D eigenvalue weighted by atomic mass is 15.2. The minimum atomic E-state index is 0.845. The third-order valence-corrected chi connectivity index (χ3v) is 4.35. The van der Waals surface area contributed by atoms with E-state index in [1.165, 1.54) is 18.5 Å². The lowest BCUT2D eigenvalue weighted by molar-refractivity contribution is 0.866.